The summed E-state index contributed by atoms with van der Waals surface area (Å²) in [7, 11) is 0. The fourth-order valence-corrected chi connectivity index (χ4v) is 1.06. The molecule has 0 saturated carbocycles. The first kappa shape index (κ1) is 11.5. The number of benzene rings is 1. The molecule has 0 fully saturated rings. The Morgan fingerprint density at radius 2 is 1.92 bits per heavy atom. The Morgan fingerprint density at radius 1 is 1.17 bits per heavy atom. The number of fused-ring (bicyclic) bond motifs is 1. The molecule has 0 amide bonds. The van der Waals surface area contributed by atoms with Crippen molar-refractivity contribution >= 4 is 17.0 Å². The second-order valence-electron chi connectivity index (χ2n) is 2.25. The Hall–Kier alpha value is -0.504. The van der Waals surface area contributed by atoms with Gasteiger partial charge >= 0.3 is 0 Å². The van der Waals surface area contributed by atoms with Crippen molar-refractivity contribution in [1.29, 1.82) is 0 Å². The topological polar surface area (TPSA) is 9.23 Å². The molecule has 0 N–H and O–H groups in total. The Labute approximate surface area is 87.3 Å². The molecule has 3 heteroatoms. The van der Waals surface area contributed by atoms with Gasteiger partial charge in [0.25, 0.3) is 0 Å². The Morgan fingerprint density at radius 3 is 2.67 bits per heavy atom. The normalized spacial score (nSPS) is 11.7. The Balaban J connectivity index is 0.000000605. The van der Waals surface area contributed by atoms with Crippen LogP contribution in [0, 0.1) is 0 Å². The Bertz CT molecular complexity index is 273. The molecular formula is C9H12CuOSi. The minimum absolute atomic E-state index is 0. The third kappa shape index (κ3) is 2.24. The molecule has 0 aliphatic carbocycles. The van der Waals surface area contributed by atoms with E-state index in [4.69, 9.17) is 4.74 Å². The van der Waals surface area contributed by atoms with E-state index in [1.165, 1.54) is 5.56 Å². The molecule has 1 aromatic rings. The molecule has 0 unspecified atom stereocenters. The monoisotopic (exact) mass is 227 g/mol. The van der Waals surface area contributed by atoms with Crippen molar-refractivity contribution in [1.82, 2.24) is 0 Å². The van der Waals surface area contributed by atoms with E-state index < -0.39 is 0 Å². The molecule has 0 aromatic heterocycles. The standard InChI is InChI=1S/C9H8O.Cu.H4Si/c1-2-6-9-8(4-1)5-3-7-10-9;;/h1-6H,7H2;;1H4. The van der Waals surface area contributed by atoms with E-state index >= 15 is 0 Å². The molecule has 69 valence electrons. The van der Waals surface area contributed by atoms with Crippen molar-refractivity contribution in [2.45, 2.75) is 0 Å². The molecule has 0 bridgehead atoms. The second kappa shape index (κ2) is 5.20. The molecule has 1 nitrogen and oxygen atoms in total. The van der Waals surface area contributed by atoms with E-state index in [1.54, 1.807) is 0 Å². The zero-order chi connectivity index (χ0) is 6.81. The van der Waals surface area contributed by atoms with Gasteiger partial charge in [-0.2, -0.15) is 0 Å². The number of rotatable bonds is 0. The van der Waals surface area contributed by atoms with E-state index in [-0.39, 0.29) is 28.0 Å². The van der Waals surface area contributed by atoms with Gasteiger partial charge in [-0.05, 0) is 23.1 Å². The summed E-state index contributed by atoms with van der Waals surface area (Å²) in [6, 6.07) is 8.03. The molecule has 1 aromatic carbocycles. The van der Waals surface area contributed by atoms with Crippen LogP contribution in [0.2, 0.25) is 0 Å². The second-order valence-corrected chi connectivity index (χ2v) is 2.25. The van der Waals surface area contributed by atoms with Gasteiger partial charge in [0.2, 0.25) is 0 Å². The summed E-state index contributed by atoms with van der Waals surface area (Å²) in [6.45, 7) is 0.705. The van der Waals surface area contributed by atoms with Crippen LogP contribution in [0.4, 0.5) is 0 Å². The van der Waals surface area contributed by atoms with Crippen LogP contribution in [0.25, 0.3) is 6.08 Å². The predicted molar refractivity (Wildman–Crippen MR) is 52.3 cm³/mol. The van der Waals surface area contributed by atoms with E-state index in [0.717, 1.165) is 5.75 Å². The maximum Gasteiger partial charge on any atom is 0.126 e. The van der Waals surface area contributed by atoms with Crippen molar-refractivity contribution in [3.05, 3.63) is 35.9 Å². The van der Waals surface area contributed by atoms with E-state index in [2.05, 4.69) is 6.08 Å². The van der Waals surface area contributed by atoms with Crippen LogP contribution < -0.4 is 4.74 Å². The molecule has 12 heavy (non-hydrogen) atoms. The van der Waals surface area contributed by atoms with Crippen molar-refractivity contribution in [2.75, 3.05) is 6.61 Å². The number of hydrogen-bond donors (Lipinski definition) is 0. The van der Waals surface area contributed by atoms with E-state index in [0.29, 0.717) is 6.61 Å². The van der Waals surface area contributed by atoms with Crippen LogP contribution in [-0.2, 0) is 17.1 Å². The molecule has 0 saturated heterocycles. The van der Waals surface area contributed by atoms with Crippen LogP contribution in [-0.4, -0.2) is 17.6 Å². The first-order valence-corrected chi connectivity index (χ1v) is 3.35. The molecule has 0 atom stereocenters. The quantitative estimate of drug-likeness (QED) is 0.592. The predicted octanol–water partition coefficient (Wildman–Crippen LogP) is 0.638. The SMILES string of the molecule is C1=Cc2ccccc2OC1.[Cu].[SiH4]. The van der Waals surface area contributed by atoms with Gasteiger partial charge in [-0.25, -0.2) is 0 Å². The smallest absolute Gasteiger partial charge is 0.126 e. The van der Waals surface area contributed by atoms with Crippen LogP contribution in [0.5, 0.6) is 5.75 Å². The van der Waals surface area contributed by atoms with Crippen molar-refractivity contribution in [3.8, 4) is 5.75 Å². The zero-order valence-electron chi connectivity index (χ0n) is 5.88. The summed E-state index contributed by atoms with van der Waals surface area (Å²) >= 11 is 0. The fraction of sp³-hybridized carbons (Fsp3) is 0.111. The summed E-state index contributed by atoms with van der Waals surface area (Å²) in [5.41, 5.74) is 1.17. The summed E-state index contributed by atoms with van der Waals surface area (Å²) in [6.07, 6.45) is 4.10. The fourth-order valence-electron chi connectivity index (χ4n) is 1.06. The van der Waals surface area contributed by atoms with Crippen LogP contribution in [0.15, 0.2) is 30.3 Å². The van der Waals surface area contributed by atoms with Crippen LogP contribution >= 0.6 is 0 Å². The zero-order valence-corrected chi connectivity index (χ0v) is 6.82. The van der Waals surface area contributed by atoms with Crippen molar-refractivity contribution in [3.63, 3.8) is 0 Å². The number of ether oxygens (including phenoxy) is 1. The van der Waals surface area contributed by atoms with Gasteiger partial charge in [0.05, 0.1) is 0 Å². The van der Waals surface area contributed by atoms with Gasteiger partial charge in [-0.3, -0.25) is 0 Å². The number of para-hydroxylation sites is 1. The van der Waals surface area contributed by atoms with Gasteiger partial charge < -0.3 is 4.74 Å². The minimum Gasteiger partial charge on any atom is -0.489 e. The maximum atomic E-state index is 5.34. The van der Waals surface area contributed by atoms with Crippen molar-refractivity contribution in [2.24, 2.45) is 0 Å². The average molecular weight is 228 g/mol. The minimum atomic E-state index is 0. The molecular weight excluding hydrogens is 216 g/mol. The van der Waals surface area contributed by atoms with Gasteiger partial charge in [-0.1, -0.05) is 24.3 Å². The first-order chi connectivity index (χ1) is 4.97. The molecule has 1 aliphatic rings. The van der Waals surface area contributed by atoms with Crippen LogP contribution in [0.1, 0.15) is 5.56 Å². The third-order valence-electron chi connectivity index (χ3n) is 1.55. The summed E-state index contributed by atoms with van der Waals surface area (Å²) in [5.74, 6) is 0.991. The average Bonchev–Trinajstić information content (AvgIpc) is 2.05. The molecule has 1 heterocycles. The van der Waals surface area contributed by atoms with Crippen molar-refractivity contribution < 1.29 is 21.8 Å². The summed E-state index contributed by atoms with van der Waals surface area (Å²) < 4.78 is 5.34. The maximum absolute atomic E-state index is 5.34. The van der Waals surface area contributed by atoms with Gasteiger partial charge in [0.15, 0.2) is 0 Å². The van der Waals surface area contributed by atoms with Gasteiger partial charge in [-0.15, -0.1) is 0 Å². The Kier molecular flexibility index (Phi) is 4.98. The van der Waals surface area contributed by atoms with E-state index in [1.807, 2.05) is 30.3 Å². The number of hydrogen-bond acceptors (Lipinski definition) is 1. The molecule has 1 aliphatic heterocycles. The molecule has 2 rings (SSSR count). The molecule has 1 radical (unpaired) electrons. The summed E-state index contributed by atoms with van der Waals surface area (Å²) in [4.78, 5) is 0. The third-order valence-corrected chi connectivity index (χ3v) is 1.55. The van der Waals surface area contributed by atoms with E-state index in [9.17, 15) is 0 Å². The largest absolute Gasteiger partial charge is 0.489 e. The van der Waals surface area contributed by atoms with Crippen LogP contribution in [0.3, 0.4) is 0 Å². The summed E-state index contributed by atoms with van der Waals surface area (Å²) in [5, 5.41) is 0. The first-order valence-electron chi connectivity index (χ1n) is 3.35. The molecule has 0 spiro atoms. The van der Waals surface area contributed by atoms with Gasteiger partial charge in [0, 0.05) is 22.6 Å². The van der Waals surface area contributed by atoms with Gasteiger partial charge in [0.1, 0.15) is 12.4 Å².